The molecule has 0 unspecified atom stereocenters. The first-order valence-electron chi connectivity index (χ1n) is 4.11. The standard InChI is InChI=1S/C10H12O2/c1-11-9-7-12-10(9)8-5-3-2-4-6-8/h2-6,9-10H,7H2,1H3/t9-,10+/m1/s1. The van der Waals surface area contributed by atoms with E-state index in [4.69, 9.17) is 9.47 Å². The van der Waals surface area contributed by atoms with Crippen LogP contribution in [0.25, 0.3) is 0 Å². The van der Waals surface area contributed by atoms with Gasteiger partial charge in [-0.15, -0.1) is 0 Å². The third kappa shape index (κ3) is 1.24. The second-order valence-electron chi connectivity index (χ2n) is 2.94. The van der Waals surface area contributed by atoms with Gasteiger partial charge in [-0.05, 0) is 5.56 Å². The van der Waals surface area contributed by atoms with Gasteiger partial charge >= 0.3 is 0 Å². The summed E-state index contributed by atoms with van der Waals surface area (Å²) >= 11 is 0. The van der Waals surface area contributed by atoms with E-state index in [1.54, 1.807) is 7.11 Å². The molecule has 0 bridgehead atoms. The molecular formula is C10H12O2. The molecule has 64 valence electrons. The van der Waals surface area contributed by atoms with E-state index in [2.05, 4.69) is 12.1 Å². The quantitative estimate of drug-likeness (QED) is 0.663. The fourth-order valence-electron chi connectivity index (χ4n) is 1.42. The summed E-state index contributed by atoms with van der Waals surface area (Å²) < 4.78 is 10.6. The van der Waals surface area contributed by atoms with E-state index in [9.17, 15) is 0 Å². The summed E-state index contributed by atoms with van der Waals surface area (Å²) in [6.45, 7) is 0.718. The minimum atomic E-state index is 0.149. The molecule has 0 aromatic heterocycles. The van der Waals surface area contributed by atoms with Crippen molar-refractivity contribution in [2.75, 3.05) is 13.7 Å². The third-order valence-corrected chi connectivity index (χ3v) is 2.21. The van der Waals surface area contributed by atoms with Crippen LogP contribution in [0.4, 0.5) is 0 Å². The molecule has 12 heavy (non-hydrogen) atoms. The van der Waals surface area contributed by atoms with Gasteiger partial charge in [0.15, 0.2) is 0 Å². The van der Waals surface area contributed by atoms with E-state index in [0.717, 1.165) is 6.61 Å². The van der Waals surface area contributed by atoms with Gasteiger partial charge in [0.25, 0.3) is 0 Å². The maximum absolute atomic E-state index is 5.40. The van der Waals surface area contributed by atoms with Crippen LogP contribution < -0.4 is 0 Å². The third-order valence-electron chi connectivity index (χ3n) is 2.21. The van der Waals surface area contributed by atoms with Crippen molar-refractivity contribution in [1.29, 1.82) is 0 Å². The maximum atomic E-state index is 5.40. The number of methoxy groups -OCH3 is 1. The summed E-state index contributed by atoms with van der Waals surface area (Å²) in [5.41, 5.74) is 1.20. The lowest BCUT2D eigenvalue weighted by molar-refractivity contribution is -0.179. The van der Waals surface area contributed by atoms with E-state index in [1.165, 1.54) is 5.56 Å². The Labute approximate surface area is 72.1 Å². The van der Waals surface area contributed by atoms with Gasteiger partial charge in [0, 0.05) is 7.11 Å². The molecule has 0 radical (unpaired) electrons. The Kier molecular flexibility index (Phi) is 2.11. The van der Waals surface area contributed by atoms with E-state index in [-0.39, 0.29) is 12.2 Å². The van der Waals surface area contributed by atoms with Gasteiger partial charge in [0.05, 0.1) is 6.61 Å². The highest BCUT2D eigenvalue weighted by Crippen LogP contribution is 2.31. The highest BCUT2D eigenvalue weighted by atomic mass is 16.6. The van der Waals surface area contributed by atoms with E-state index < -0.39 is 0 Å². The van der Waals surface area contributed by atoms with Gasteiger partial charge in [0.1, 0.15) is 12.2 Å². The molecular weight excluding hydrogens is 152 g/mol. The average molecular weight is 164 g/mol. The van der Waals surface area contributed by atoms with Crippen LogP contribution in [0.1, 0.15) is 11.7 Å². The zero-order chi connectivity index (χ0) is 8.39. The van der Waals surface area contributed by atoms with Crippen molar-refractivity contribution in [1.82, 2.24) is 0 Å². The van der Waals surface area contributed by atoms with E-state index in [0.29, 0.717) is 0 Å². The summed E-state index contributed by atoms with van der Waals surface area (Å²) in [6.07, 6.45) is 0.392. The molecule has 1 saturated heterocycles. The molecule has 2 atom stereocenters. The molecule has 0 spiro atoms. The number of rotatable bonds is 2. The number of hydrogen-bond acceptors (Lipinski definition) is 2. The van der Waals surface area contributed by atoms with Crippen molar-refractivity contribution < 1.29 is 9.47 Å². The van der Waals surface area contributed by atoms with Crippen LogP contribution in [-0.4, -0.2) is 19.8 Å². The van der Waals surface area contributed by atoms with Crippen LogP contribution in [-0.2, 0) is 9.47 Å². The first-order chi connectivity index (χ1) is 5.92. The van der Waals surface area contributed by atoms with Gasteiger partial charge in [-0.2, -0.15) is 0 Å². The molecule has 0 amide bonds. The second-order valence-corrected chi connectivity index (χ2v) is 2.94. The maximum Gasteiger partial charge on any atom is 0.111 e. The molecule has 0 saturated carbocycles. The first-order valence-corrected chi connectivity index (χ1v) is 4.11. The lowest BCUT2D eigenvalue weighted by Gasteiger charge is -2.35. The van der Waals surface area contributed by atoms with Crippen LogP contribution >= 0.6 is 0 Å². The van der Waals surface area contributed by atoms with Gasteiger partial charge in [-0.3, -0.25) is 0 Å². The van der Waals surface area contributed by atoms with Crippen LogP contribution in [0.2, 0.25) is 0 Å². The van der Waals surface area contributed by atoms with Crippen molar-refractivity contribution >= 4 is 0 Å². The summed E-state index contributed by atoms with van der Waals surface area (Å²) in [4.78, 5) is 0. The van der Waals surface area contributed by atoms with Crippen LogP contribution in [0.15, 0.2) is 30.3 Å². The van der Waals surface area contributed by atoms with Gasteiger partial charge < -0.3 is 9.47 Å². The molecule has 1 aliphatic rings. The van der Waals surface area contributed by atoms with Gasteiger partial charge in [0.2, 0.25) is 0 Å². The molecule has 2 heteroatoms. The lowest BCUT2D eigenvalue weighted by atomic mass is 10.0. The smallest absolute Gasteiger partial charge is 0.111 e. The predicted molar refractivity (Wildman–Crippen MR) is 45.9 cm³/mol. The fraction of sp³-hybridized carbons (Fsp3) is 0.400. The Hall–Kier alpha value is -0.860. The van der Waals surface area contributed by atoms with Gasteiger partial charge in [-0.1, -0.05) is 30.3 Å². The average Bonchev–Trinajstić information content (AvgIpc) is 2.05. The topological polar surface area (TPSA) is 18.5 Å². The minimum absolute atomic E-state index is 0.149. The van der Waals surface area contributed by atoms with Crippen molar-refractivity contribution in [3.8, 4) is 0 Å². The van der Waals surface area contributed by atoms with Crippen LogP contribution in [0.3, 0.4) is 0 Å². The number of benzene rings is 1. The van der Waals surface area contributed by atoms with Crippen molar-refractivity contribution in [3.05, 3.63) is 35.9 Å². The number of hydrogen-bond donors (Lipinski definition) is 0. The highest BCUT2D eigenvalue weighted by Gasteiger charge is 2.32. The Bertz CT molecular complexity index is 243. The molecule has 0 N–H and O–H groups in total. The Morgan fingerprint density at radius 1 is 1.33 bits per heavy atom. The van der Waals surface area contributed by atoms with E-state index >= 15 is 0 Å². The molecule has 0 aliphatic carbocycles. The lowest BCUT2D eigenvalue weighted by Crippen LogP contribution is -2.39. The molecule has 1 aromatic rings. The summed E-state index contributed by atoms with van der Waals surface area (Å²) in [6, 6.07) is 10.2. The molecule has 1 heterocycles. The zero-order valence-electron chi connectivity index (χ0n) is 7.07. The molecule has 2 nitrogen and oxygen atoms in total. The summed E-state index contributed by atoms with van der Waals surface area (Å²) in [5, 5.41) is 0. The normalized spacial score (nSPS) is 28.1. The summed E-state index contributed by atoms with van der Waals surface area (Å²) in [5.74, 6) is 0. The van der Waals surface area contributed by atoms with Crippen molar-refractivity contribution in [2.24, 2.45) is 0 Å². The van der Waals surface area contributed by atoms with E-state index in [1.807, 2.05) is 18.2 Å². The Morgan fingerprint density at radius 2 is 2.08 bits per heavy atom. The molecule has 1 aromatic carbocycles. The Morgan fingerprint density at radius 3 is 2.58 bits per heavy atom. The van der Waals surface area contributed by atoms with Crippen molar-refractivity contribution in [3.63, 3.8) is 0 Å². The molecule has 2 rings (SSSR count). The SMILES string of the molecule is CO[C@@H]1CO[C@H]1c1ccccc1. The van der Waals surface area contributed by atoms with Crippen LogP contribution in [0.5, 0.6) is 0 Å². The predicted octanol–water partition coefficient (Wildman–Crippen LogP) is 1.77. The van der Waals surface area contributed by atoms with Gasteiger partial charge in [-0.25, -0.2) is 0 Å². The molecule has 1 aliphatic heterocycles. The fourth-order valence-corrected chi connectivity index (χ4v) is 1.42. The van der Waals surface area contributed by atoms with Crippen LogP contribution in [0, 0.1) is 0 Å². The largest absolute Gasteiger partial charge is 0.376 e. The Balaban J connectivity index is 2.11. The first kappa shape index (κ1) is 7.77. The molecule has 1 fully saturated rings. The summed E-state index contributed by atoms with van der Waals surface area (Å²) in [7, 11) is 1.73. The minimum Gasteiger partial charge on any atom is -0.376 e. The number of ether oxygens (including phenoxy) is 2. The zero-order valence-corrected chi connectivity index (χ0v) is 7.07. The monoisotopic (exact) mass is 164 g/mol. The highest BCUT2D eigenvalue weighted by molar-refractivity contribution is 5.20. The van der Waals surface area contributed by atoms with Crippen molar-refractivity contribution in [2.45, 2.75) is 12.2 Å². The second kappa shape index (κ2) is 3.25.